The number of hydrogen-bond donors (Lipinski definition) is 1. The molecule has 0 amide bonds. The highest BCUT2D eigenvalue weighted by atomic mass is 32.1. The van der Waals surface area contributed by atoms with Crippen LogP contribution in [0.25, 0.3) is 0 Å². The van der Waals surface area contributed by atoms with E-state index in [0.29, 0.717) is 6.04 Å². The fourth-order valence-electron chi connectivity index (χ4n) is 2.88. The minimum absolute atomic E-state index is 0.432. The highest BCUT2D eigenvalue weighted by Gasteiger charge is 2.21. The van der Waals surface area contributed by atoms with Crippen molar-refractivity contribution < 1.29 is 0 Å². The van der Waals surface area contributed by atoms with Gasteiger partial charge in [-0.1, -0.05) is 0 Å². The van der Waals surface area contributed by atoms with Crippen molar-refractivity contribution in [2.75, 3.05) is 37.4 Å². The highest BCUT2D eigenvalue weighted by molar-refractivity contribution is 7.09. The Hall–Kier alpha value is -1.73. The molecule has 1 fully saturated rings. The molecule has 1 aliphatic heterocycles. The number of nitrogens with one attached hydrogen (secondary N) is 1. The van der Waals surface area contributed by atoms with Crippen molar-refractivity contribution in [1.82, 2.24) is 19.9 Å². The minimum Gasteiger partial charge on any atom is -0.366 e. The van der Waals surface area contributed by atoms with Crippen molar-refractivity contribution >= 4 is 23.0 Å². The minimum atomic E-state index is 0.432. The van der Waals surface area contributed by atoms with Gasteiger partial charge in [-0.25, -0.2) is 15.0 Å². The van der Waals surface area contributed by atoms with Gasteiger partial charge in [0.25, 0.3) is 0 Å². The highest BCUT2D eigenvalue weighted by Crippen LogP contribution is 2.21. The van der Waals surface area contributed by atoms with Gasteiger partial charge < -0.3 is 10.2 Å². The molecule has 0 aromatic carbocycles. The van der Waals surface area contributed by atoms with Crippen molar-refractivity contribution in [2.24, 2.45) is 0 Å². The summed E-state index contributed by atoms with van der Waals surface area (Å²) in [5, 5.41) is 3.57. The van der Waals surface area contributed by atoms with E-state index in [1.54, 1.807) is 17.7 Å². The summed E-state index contributed by atoms with van der Waals surface area (Å²) in [6.07, 6.45) is 4.01. The molecular formula is C16H24N6S. The number of thiazole rings is 1. The van der Waals surface area contributed by atoms with E-state index in [0.717, 1.165) is 37.0 Å². The lowest BCUT2D eigenvalue weighted by Gasteiger charge is -2.33. The number of aromatic nitrogens is 3. The third-order valence-corrected chi connectivity index (χ3v) is 5.10. The van der Waals surface area contributed by atoms with Crippen LogP contribution in [0.4, 0.5) is 11.6 Å². The lowest BCUT2D eigenvalue weighted by atomic mass is 10.1. The van der Waals surface area contributed by atoms with Crippen LogP contribution in [0.1, 0.15) is 23.4 Å². The Morgan fingerprint density at radius 3 is 2.96 bits per heavy atom. The van der Waals surface area contributed by atoms with Gasteiger partial charge in [-0.2, -0.15) is 0 Å². The number of aryl methyl sites for hydroxylation is 1. The Labute approximate surface area is 141 Å². The van der Waals surface area contributed by atoms with Gasteiger partial charge in [0.1, 0.15) is 18.0 Å². The molecule has 3 heterocycles. The van der Waals surface area contributed by atoms with Crippen molar-refractivity contribution in [1.29, 1.82) is 0 Å². The molecule has 0 radical (unpaired) electrons. The maximum Gasteiger partial charge on any atom is 0.133 e. The van der Waals surface area contributed by atoms with Crippen LogP contribution in [0, 0.1) is 6.92 Å². The van der Waals surface area contributed by atoms with Crippen LogP contribution < -0.4 is 10.2 Å². The summed E-state index contributed by atoms with van der Waals surface area (Å²) in [6.45, 7) is 5.29. The Morgan fingerprint density at radius 1 is 1.35 bits per heavy atom. The van der Waals surface area contributed by atoms with Crippen molar-refractivity contribution in [2.45, 2.75) is 32.4 Å². The van der Waals surface area contributed by atoms with Gasteiger partial charge in [-0.3, -0.25) is 4.90 Å². The van der Waals surface area contributed by atoms with Crippen molar-refractivity contribution in [3.63, 3.8) is 0 Å². The predicted octanol–water partition coefficient (Wildman–Crippen LogP) is 2.38. The van der Waals surface area contributed by atoms with Crippen LogP contribution in [0.3, 0.4) is 0 Å². The van der Waals surface area contributed by atoms with E-state index in [2.05, 4.69) is 32.1 Å². The molecule has 3 rings (SSSR count). The molecule has 2 aromatic heterocycles. The molecular weight excluding hydrogens is 308 g/mol. The molecule has 0 bridgehead atoms. The van der Waals surface area contributed by atoms with Crippen LogP contribution in [-0.2, 0) is 6.54 Å². The first kappa shape index (κ1) is 16.1. The smallest absolute Gasteiger partial charge is 0.133 e. The third-order valence-electron chi connectivity index (χ3n) is 4.18. The monoisotopic (exact) mass is 332 g/mol. The molecule has 124 valence electrons. The first-order valence-corrected chi connectivity index (χ1v) is 8.87. The van der Waals surface area contributed by atoms with Gasteiger partial charge in [-0.15, -0.1) is 11.3 Å². The van der Waals surface area contributed by atoms with E-state index in [9.17, 15) is 0 Å². The first-order valence-electron chi connectivity index (χ1n) is 7.99. The number of likely N-dealkylation sites (tertiary alicyclic amines) is 1. The van der Waals surface area contributed by atoms with Gasteiger partial charge in [0, 0.05) is 44.2 Å². The summed E-state index contributed by atoms with van der Waals surface area (Å²) < 4.78 is 0. The largest absolute Gasteiger partial charge is 0.366 e. The average molecular weight is 332 g/mol. The average Bonchev–Trinajstić information content (AvgIpc) is 2.93. The van der Waals surface area contributed by atoms with E-state index in [-0.39, 0.29) is 0 Å². The molecule has 0 spiro atoms. The lowest BCUT2D eigenvalue weighted by Crippen LogP contribution is -2.41. The SMILES string of the molecule is Cc1ncsc1CN1CCCC(Nc2cc(N(C)C)ncn2)C1. The molecule has 1 unspecified atom stereocenters. The van der Waals surface area contributed by atoms with Gasteiger partial charge in [0.05, 0.1) is 11.2 Å². The van der Waals surface area contributed by atoms with Crippen LogP contribution in [-0.4, -0.2) is 53.1 Å². The van der Waals surface area contributed by atoms with E-state index in [1.807, 2.05) is 30.6 Å². The second kappa shape index (κ2) is 7.23. The van der Waals surface area contributed by atoms with Gasteiger partial charge in [0.2, 0.25) is 0 Å². The Bertz CT molecular complexity index is 641. The molecule has 1 atom stereocenters. The second-order valence-corrected chi connectivity index (χ2v) is 7.17. The zero-order valence-corrected chi connectivity index (χ0v) is 14.8. The molecule has 6 nitrogen and oxygen atoms in total. The fourth-order valence-corrected chi connectivity index (χ4v) is 3.70. The summed E-state index contributed by atoms with van der Waals surface area (Å²) in [5.74, 6) is 1.83. The van der Waals surface area contributed by atoms with E-state index >= 15 is 0 Å². The van der Waals surface area contributed by atoms with Crippen LogP contribution in [0.5, 0.6) is 0 Å². The standard InChI is InChI=1S/C16H24N6S/c1-12-14(23-11-19-12)9-22-6-4-5-13(8-22)20-15-7-16(21(2)3)18-10-17-15/h7,10-11,13H,4-6,8-9H2,1-3H3,(H,17,18,20). The van der Waals surface area contributed by atoms with Crippen LogP contribution in [0.15, 0.2) is 17.9 Å². The normalized spacial score (nSPS) is 18.8. The zero-order valence-electron chi connectivity index (χ0n) is 14.0. The maximum absolute atomic E-state index is 4.36. The van der Waals surface area contributed by atoms with Crippen molar-refractivity contribution in [3.8, 4) is 0 Å². The Morgan fingerprint density at radius 2 is 2.22 bits per heavy atom. The number of rotatable bonds is 5. The van der Waals surface area contributed by atoms with Gasteiger partial charge in [-0.05, 0) is 26.3 Å². The first-order chi connectivity index (χ1) is 11.1. The molecule has 23 heavy (non-hydrogen) atoms. The molecule has 1 saturated heterocycles. The molecule has 1 N–H and O–H groups in total. The fraction of sp³-hybridized carbons (Fsp3) is 0.562. The predicted molar refractivity (Wildman–Crippen MR) is 95.1 cm³/mol. The number of nitrogens with zero attached hydrogens (tertiary/aromatic N) is 5. The maximum atomic E-state index is 4.36. The van der Waals surface area contributed by atoms with Gasteiger partial charge in [0.15, 0.2) is 0 Å². The summed E-state index contributed by atoms with van der Waals surface area (Å²) in [4.78, 5) is 18.9. The quantitative estimate of drug-likeness (QED) is 0.907. The number of piperidine rings is 1. The van der Waals surface area contributed by atoms with Crippen molar-refractivity contribution in [3.05, 3.63) is 28.5 Å². The molecule has 0 saturated carbocycles. The Kier molecular flexibility index (Phi) is 5.07. The molecule has 7 heteroatoms. The van der Waals surface area contributed by atoms with Gasteiger partial charge >= 0.3 is 0 Å². The summed E-state index contributed by atoms with van der Waals surface area (Å²) >= 11 is 1.75. The second-order valence-electron chi connectivity index (χ2n) is 6.24. The number of hydrogen-bond acceptors (Lipinski definition) is 7. The zero-order chi connectivity index (χ0) is 16.2. The molecule has 2 aromatic rings. The summed E-state index contributed by atoms with van der Waals surface area (Å²) in [6, 6.07) is 2.44. The third kappa shape index (κ3) is 4.17. The van der Waals surface area contributed by atoms with E-state index in [1.165, 1.54) is 17.7 Å². The molecule has 1 aliphatic rings. The van der Waals surface area contributed by atoms with Crippen LogP contribution >= 0.6 is 11.3 Å². The van der Waals surface area contributed by atoms with E-state index < -0.39 is 0 Å². The lowest BCUT2D eigenvalue weighted by molar-refractivity contribution is 0.209. The summed E-state index contributed by atoms with van der Waals surface area (Å²) in [5.41, 5.74) is 3.10. The topological polar surface area (TPSA) is 57.2 Å². The Balaban J connectivity index is 1.60. The van der Waals surface area contributed by atoms with E-state index in [4.69, 9.17) is 0 Å². The molecule has 0 aliphatic carbocycles. The summed E-state index contributed by atoms with van der Waals surface area (Å²) in [7, 11) is 3.98. The van der Waals surface area contributed by atoms with Crippen LogP contribution in [0.2, 0.25) is 0 Å². The number of anilines is 2.